The normalized spacial score (nSPS) is 10.9. The molecule has 1 aromatic carbocycles. The van der Waals surface area contributed by atoms with Gasteiger partial charge in [0.15, 0.2) is 5.65 Å². The summed E-state index contributed by atoms with van der Waals surface area (Å²) in [5.74, 6) is 0.834. The van der Waals surface area contributed by atoms with Gasteiger partial charge >= 0.3 is 0 Å². The Bertz CT molecular complexity index is 746. The molecular formula is C15H15N3O. The molecule has 0 radical (unpaired) electrons. The van der Waals surface area contributed by atoms with Crippen molar-refractivity contribution in [3.05, 3.63) is 47.9 Å². The van der Waals surface area contributed by atoms with Gasteiger partial charge in [-0.1, -0.05) is 12.1 Å². The first kappa shape index (κ1) is 11.7. The summed E-state index contributed by atoms with van der Waals surface area (Å²) in [6.45, 7) is 4.03. The second-order valence-electron chi connectivity index (χ2n) is 4.56. The number of aromatic nitrogens is 3. The van der Waals surface area contributed by atoms with Crippen LogP contribution in [0.15, 0.2) is 36.5 Å². The van der Waals surface area contributed by atoms with Crippen LogP contribution in [0.5, 0.6) is 5.75 Å². The maximum Gasteiger partial charge on any atom is 0.163 e. The third-order valence-corrected chi connectivity index (χ3v) is 3.16. The highest BCUT2D eigenvalue weighted by Crippen LogP contribution is 2.27. The van der Waals surface area contributed by atoms with E-state index in [2.05, 4.69) is 10.1 Å². The fourth-order valence-corrected chi connectivity index (χ4v) is 2.26. The van der Waals surface area contributed by atoms with E-state index < -0.39 is 0 Å². The Morgan fingerprint density at radius 2 is 2.00 bits per heavy atom. The summed E-state index contributed by atoms with van der Waals surface area (Å²) in [6.07, 6.45) is 1.85. The first-order valence-electron chi connectivity index (χ1n) is 6.15. The topological polar surface area (TPSA) is 39.4 Å². The highest BCUT2D eigenvalue weighted by Gasteiger charge is 2.10. The molecule has 0 saturated carbocycles. The van der Waals surface area contributed by atoms with Crippen LogP contribution in [-0.4, -0.2) is 21.7 Å². The van der Waals surface area contributed by atoms with Gasteiger partial charge in [0, 0.05) is 17.0 Å². The van der Waals surface area contributed by atoms with E-state index in [1.807, 2.05) is 54.9 Å². The lowest BCUT2D eigenvalue weighted by Crippen LogP contribution is -1.97. The van der Waals surface area contributed by atoms with Crippen LogP contribution in [0.2, 0.25) is 0 Å². The third-order valence-electron chi connectivity index (χ3n) is 3.16. The maximum absolute atomic E-state index is 5.26. The lowest BCUT2D eigenvalue weighted by atomic mass is 10.1. The summed E-state index contributed by atoms with van der Waals surface area (Å²) in [6, 6.07) is 9.96. The third kappa shape index (κ3) is 1.95. The van der Waals surface area contributed by atoms with Gasteiger partial charge in [-0.2, -0.15) is 5.10 Å². The monoisotopic (exact) mass is 253 g/mol. The van der Waals surface area contributed by atoms with Crippen molar-refractivity contribution in [3.8, 4) is 16.9 Å². The van der Waals surface area contributed by atoms with Gasteiger partial charge in [0.05, 0.1) is 13.3 Å². The Hall–Kier alpha value is -2.36. The molecule has 19 heavy (non-hydrogen) atoms. The standard InChI is InChI=1S/C15H15N3O/c1-10-7-11(2)18-15(17-10)14(9-16-18)12-5-4-6-13(8-12)19-3/h4-9H,1-3H3. The molecule has 0 aliphatic rings. The number of rotatable bonds is 2. The minimum atomic E-state index is 0.834. The zero-order valence-corrected chi connectivity index (χ0v) is 11.2. The highest BCUT2D eigenvalue weighted by atomic mass is 16.5. The molecule has 4 heteroatoms. The lowest BCUT2D eigenvalue weighted by molar-refractivity contribution is 0.415. The minimum absolute atomic E-state index is 0.834. The molecule has 96 valence electrons. The van der Waals surface area contributed by atoms with Gasteiger partial charge in [-0.25, -0.2) is 9.50 Å². The second kappa shape index (κ2) is 4.39. The average molecular weight is 253 g/mol. The Balaban J connectivity index is 2.25. The number of nitrogens with zero attached hydrogens (tertiary/aromatic N) is 3. The number of methoxy groups -OCH3 is 1. The quantitative estimate of drug-likeness (QED) is 0.704. The lowest BCUT2D eigenvalue weighted by Gasteiger charge is -2.04. The fraction of sp³-hybridized carbons (Fsp3) is 0.200. The van der Waals surface area contributed by atoms with Crippen LogP contribution in [-0.2, 0) is 0 Å². The van der Waals surface area contributed by atoms with E-state index >= 15 is 0 Å². The van der Waals surface area contributed by atoms with E-state index in [0.717, 1.165) is 33.9 Å². The number of fused-ring (bicyclic) bond motifs is 1. The van der Waals surface area contributed by atoms with Gasteiger partial charge in [-0.05, 0) is 37.6 Å². The van der Waals surface area contributed by atoms with E-state index in [1.165, 1.54) is 0 Å². The predicted octanol–water partition coefficient (Wildman–Crippen LogP) is 3.02. The van der Waals surface area contributed by atoms with E-state index in [4.69, 9.17) is 4.74 Å². The highest BCUT2D eigenvalue weighted by molar-refractivity contribution is 5.77. The van der Waals surface area contributed by atoms with Crippen molar-refractivity contribution in [1.29, 1.82) is 0 Å². The molecule has 0 amide bonds. The minimum Gasteiger partial charge on any atom is -0.497 e. The molecule has 0 saturated heterocycles. The number of ether oxygens (including phenoxy) is 1. The number of aryl methyl sites for hydroxylation is 2. The van der Waals surface area contributed by atoms with Crippen molar-refractivity contribution in [2.75, 3.05) is 7.11 Å². The smallest absolute Gasteiger partial charge is 0.163 e. The second-order valence-corrected chi connectivity index (χ2v) is 4.56. The summed E-state index contributed by atoms with van der Waals surface area (Å²) >= 11 is 0. The molecule has 0 N–H and O–H groups in total. The molecule has 4 nitrogen and oxygen atoms in total. The predicted molar refractivity (Wildman–Crippen MR) is 74.4 cm³/mol. The number of benzene rings is 1. The summed E-state index contributed by atoms with van der Waals surface area (Å²) in [5, 5.41) is 4.40. The van der Waals surface area contributed by atoms with Crippen molar-refractivity contribution in [3.63, 3.8) is 0 Å². The number of hydrogen-bond donors (Lipinski definition) is 0. The van der Waals surface area contributed by atoms with E-state index in [9.17, 15) is 0 Å². The molecule has 0 spiro atoms. The van der Waals surface area contributed by atoms with E-state index in [0.29, 0.717) is 0 Å². The van der Waals surface area contributed by atoms with Crippen molar-refractivity contribution in [1.82, 2.24) is 14.6 Å². The fourth-order valence-electron chi connectivity index (χ4n) is 2.26. The molecule has 0 fully saturated rings. The van der Waals surface area contributed by atoms with Gasteiger partial charge in [0.2, 0.25) is 0 Å². The number of hydrogen-bond acceptors (Lipinski definition) is 3. The molecule has 0 aliphatic carbocycles. The van der Waals surface area contributed by atoms with Crippen LogP contribution in [0, 0.1) is 13.8 Å². The summed E-state index contributed by atoms with van der Waals surface area (Å²) in [7, 11) is 1.67. The SMILES string of the molecule is COc1cccc(-c2cnn3c(C)cc(C)nc23)c1. The zero-order valence-electron chi connectivity index (χ0n) is 11.2. The van der Waals surface area contributed by atoms with Crippen LogP contribution in [0.3, 0.4) is 0 Å². The van der Waals surface area contributed by atoms with Gasteiger partial charge in [-0.3, -0.25) is 0 Å². The average Bonchev–Trinajstić information content (AvgIpc) is 2.82. The molecule has 2 aromatic heterocycles. The van der Waals surface area contributed by atoms with Crippen molar-refractivity contribution >= 4 is 5.65 Å². The summed E-state index contributed by atoms with van der Waals surface area (Å²) < 4.78 is 7.13. The van der Waals surface area contributed by atoms with Gasteiger partial charge in [0.1, 0.15) is 5.75 Å². The Morgan fingerprint density at radius 1 is 1.16 bits per heavy atom. The van der Waals surface area contributed by atoms with E-state index in [-0.39, 0.29) is 0 Å². The Kier molecular flexibility index (Phi) is 2.71. The maximum atomic E-state index is 5.26. The van der Waals surface area contributed by atoms with Crippen LogP contribution in [0.1, 0.15) is 11.4 Å². The van der Waals surface area contributed by atoms with Crippen molar-refractivity contribution in [2.24, 2.45) is 0 Å². The first-order valence-corrected chi connectivity index (χ1v) is 6.15. The van der Waals surface area contributed by atoms with Crippen LogP contribution in [0.25, 0.3) is 16.8 Å². The Labute approximate surface area is 111 Å². The van der Waals surface area contributed by atoms with Crippen LogP contribution < -0.4 is 4.74 Å². The van der Waals surface area contributed by atoms with Crippen LogP contribution >= 0.6 is 0 Å². The van der Waals surface area contributed by atoms with Gasteiger partial charge in [0.25, 0.3) is 0 Å². The largest absolute Gasteiger partial charge is 0.497 e. The molecule has 3 rings (SSSR count). The summed E-state index contributed by atoms with van der Waals surface area (Å²) in [4.78, 5) is 4.59. The van der Waals surface area contributed by atoms with Crippen molar-refractivity contribution < 1.29 is 4.74 Å². The van der Waals surface area contributed by atoms with Crippen molar-refractivity contribution in [2.45, 2.75) is 13.8 Å². The molecule has 3 aromatic rings. The van der Waals surface area contributed by atoms with Gasteiger partial charge in [-0.15, -0.1) is 0 Å². The van der Waals surface area contributed by atoms with Gasteiger partial charge < -0.3 is 4.74 Å². The van der Waals surface area contributed by atoms with E-state index in [1.54, 1.807) is 7.11 Å². The molecule has 2 heterocycles. The first-order chi connectivity index (χ1) is 9.19. The molecule has 0 aliphatic heterocycles. The molecular weight excluding hydrogens is 238 g/mol. The summed E-state index contributed by atoms with van der Waals surface area (Å²) in [5.41, 5.74) is 5.04. The van der Waals surface area contributed by atoms with Crippen LogP contribution in [0.4, 0.5) is 0 Å². The zero-order chi connectivity index (χ0) is 13.4. The molecule has 0 unspecified atom stereocenters. The Morgan fingerprint density at radius 3 is 2.79 bits per heavy atom. The molecule has 0 bridgehead atoms. The molecule has 0 atom stereocenters.